The molecular weight excluding hydrogens is 377 g/mol. The molecule has 1 aliphatic rings. The molecule has 1 aliphatic carbocycles. The van der Waals surface area contributed by atoms with Gasteiger partial charge in [0.2, 0.25) is 0 Å². The highest BCUT2D eigenvalue weighted by Crippen LogP contribution is 2.44. The molecule has 0 fully saturated rings. The standard InChI is InChI=1S/C26H24FNO2/c1-18-16-19(13-14-25(18)27)8-6-7-15-28-26(29)30-17-24-22-11-4-2-9-20(22)21-10-3-5-12-23(21)24/h2-6,8-14,16,24H,7,15,17H2,1H3,(H,28,29). The van der Waals surface area contributed by atoms with Crippen LogP contribution in [0.25, 0.3) is 17.2 Å². The zero-order chi connectivity index (χ0) is 20.9. The summed E-state index contributed by atoms with van der Waals surface area (Å²) in [6.07, 6.45) is 4.13. The normalized spacial score (nSPS) is 12.6. The average Bonchev–Trinajstić information content (AvgIpc) is 3.08. The fraction of sp³-hybridized carbons (Fsp3) is 0.192. The first kappa shape index (κ1) is 19.9. The fourth-order valence-electron chi connectivity index (χ4n) is 3.90. The Kier molecular flexibility index (Phi) is 5.94. The van der Waals surface area contributed by atoms with E-state index in [1.165, 1.54) is 28.3 Å². The molecule has 0 unspecified atom stereocenters. The zero-order valence-corrected chi connectivity index (χ0v) is 16.9. The van der Waals surface area contributed by atoms with Crippen LogP contribution in [0.2, 0.25) is 0 Å². The van der Waals surface area contributed by atoms with E-state index in [-0.39, 0.29) is 11.7 Å². The van der Waals surface area contributed by atoms with Crippen molar-refractivity contribution in [3.63, 3.8) is 0 Å². The molecule has 0 aromatic heterocycles. The Bertz CT molecular complexity index is 1040. The first-order valence-corrected chi connectivity index (χ1v) is 10.1. The predicted octanol–water partition coefficient (Wildman–Crippen LogP) is 6.08. The van der Waals surface area contributed by atoms with Crippen LogP contribution >= 0.6 is 0 Å². The first-order chi connectivity index (χ1) is 14.6. The molecule has 0 bridgehead atoms. The number of benzene rings is 3. The van der Waals surface area contributed by atoms with Gasteiger partial charge in [-0.3, -0.25) is 0 Å². The lowest BCUT2D eigenvalue weighted by Crippen LogP contribution is -2.26. The summed E-state index contributed by atoms with van der Waals surface area (Å²) in [6, 6.07) is 21.5. The second-order valence-corrected chi connectivity index (χ2v) is 7.45. The van der Waals surface area contributed by atoms with Crippen molar-refractivity contribution in [2.75, 3.05) is 13.2 Å². The molecule has 0 atom stereocenters. The summed E-state index contributed by atoms with van der Waals surface area (Å²) in [5.41, 5.74) is 6.38. The number of ether oxygens (including phenoxy) is 1. The van der Waals surface area contributed by atoms with E-state index in [0.717, 1.165) is 5.56 Å². The number of aryl methyl sites for hydroxylation is 1. The van der Waals surface area contributed by atoms with Gasteiger partial charge in [0.05, 0.1) is 0 Å². The lowest BCUT2D eigenvalue weighted by atomic mass is 9.98. The van der Waals surface area contributed by atoms with Gasteiger partial charge in [-0.25, -0.2) is 9.18 Å². The van der Waals surface area contributed by atoms with Crippen LogP contribution in [0, 0.1) is 12.7 Å². The summed E-state index contributed by atoms with van der Waals surface area (Å²) >= 11 is 0. The predicted molar refractivity (Wildman–Crippen MR) is 118 cm³/mol. The highest BCUT2D eigenvalue weighted by Gasteiger charge is 2.28. The number of halogens is 1. The number of alkyl carbamates (subject to hydrolysis) is 1. The molecule has 152 valence electrons. The minimum absolute atomic E-state index is 0.0600. The highest BCUT2D eigenvalue weighted by atomic mass is 19.1. The number of nitrogens with one attached hydrogen (secondary N) is 1. The number of hydrogen-bond acceptors (Lipinski definition) is 2. The summed E-state index contributed by atoms with van der Waals surface area (Å²) in [5.74, 6) is -0.145. The molecule has 0 heterocycles. The van der Waals surface area contributed by atoms with Crippen molar-refractivity contribution in [2.24, 2.45) is 0 Å². The van der Waals surface area contributed by atoms with Crippen molar-refractivity contribution in [1.82, 2.24) is 5.32 Å². The quantitative estimate of drug-likeness (QED) is 0.509. The molecule has 3 aromatic rings. The molecule has 1 amide bonds. The van der Waals surface area contributed by atoms with Crippen LogP contribution in [0.4, 0.5) is 9.18 Å². The maximum Gasteiger partial charge on any atom is 0.407 e. The summed E-state index contributed by atoms with van der Waals surface area (Å²) in [6.45, 7) is 2.53. The molecule has 4 heteroatoms. The lowest BCUT2D eigenvalue weighted by Gasteiger charge is -2.14. The van der Waals surface area contributed by atoms with Gasteiger partial charge >= 0.3 is 6.09 Å². The molecule has 4 rings (SSSR count). The van der Waals surface area contributed by atoms with Gasteiger partial charge in [-0.2, -0.15) is 0 Å². The Labute approximate surface area is 176 Å². The molecule has 0 spiro atoms. The van der Waals surface area contributed by atoms with E-state index in [1.807, 2.05) is 36.4 Å². The van der Waals surface area contributed by atoms with Crippen LogP contribution in [0.5, 0.6) is 0 Å². The Morgan fingerprint density at radius 1 is 1.03 bits per heavy atom. The van der Waals surface area contributed by atoms with Crippen molar-refractivity contribution in [1.29, 1.82) is 0 Å². The van der Waals surface area contributed by atoms with Gasteiger partial charge in [0.1, 0.15) is 12.4 Å². The van der Waals surface area contributed by atoms with E-state index in [4.69, 9.17) is 4.74 Å². The summed E-state index contributed by atoms with van der Waals surface area (Å²) < 4.78 is 18.8. The second kappa shape index (κ2) is 8.95. The minimum Gasteiger partial charge on any atom is -0.449 e. The van der Waals surface area contributed by atoms with Crippen LogP contribution < -0.4 is 5.32 Å². The van der Waals surface area contributed by atoms with Gasteiger partial charge in [0.25, 0.3) is 0 Å². The molecular formula is C26H24FNO2. The van der Waals surface area contributed by atoms with Crippen LogP contribution in [-0.4, -0.2) is 19.2 Å². The van der Waals surface area contributed by atoms with E-state index in [9.17, 15) is 9.18 Å². The molecule has 3 aromatic carbocycles. The van der Waals surface area contributed by atoms with Crippen LogP contribution in [0.15, 0.2) is 72.8 Å². The number of rotatable bonds is 6. The average molecular weight is 401 g/mol. The third-order valence-electron chi connectivity index (χ3n) is 5.42. The highest BCUT2D eigenvalue weighted by molar-refractivity contribution is 5.79. The molecule has 0 saturated carbocycles. The number of carbonyl (C=O) groups is 1. The monoisotopic (exact) mass is 401 g/mol. The van der Waals surface area contributed by atoms with Gasteiger partial charge in [-0.05, 0) is 58.9 Å². The first-order valence-electron chi connectivity index (χ1n) is 10.1. The van der Waals surface area contributed by atoms with Crippen molar-refractivity contribution in [3.05, 3.63) is 101 Å². The summed E-state index contributed by atoms with van der Waals surface area (Å²) in [5, 5.41) is 2.79. The van der Waals surface area contributed by atoms with Gasteiger partial charge in [-0.1, -0.05) is 66.7 Å². The molecule has 3 nitrogen and oxygen atoms in total. The van der Waals surface area contributed by atoms with Gasteiger partial charge in [0, 0.05) is 12.5 Å². The van der Waals surface area contributed by atoms with E-state index < -0.39 is 6.09 Å². The van der Waals surface area contributed by atoms with Crippen molar-refractivity contribution >= 4 is 12.2 Å². The second-order valence-electron chi connectivity index (χ2n) is 7.45. The van der Waals surface area contributed by atoms with Crippen molar-refractivity contribution in [2.45, 2.75) is 19.3 Å². The number of hydrogen-bond donors (Lipinski definition) is 1. The van der Waals surface area contributed by atoms with Gasteiger partial charge < -0.3 is 10.1 Å². The largest absolute Gasteiger partial charge is 0.449 e. The molecule has 0 aliphatic heterocycles. The summed E-state index contributed by atoms with van der Waals surface area (Å²) in [4.78, 5) is 12.1. The lowest BCUT2D eigenvalue weighted by molar-refractivity contribution is 0.143. The van der Waals surface area contributed by atoms with Crippen LogP contribution in [0.1, 0.15) is 34.6 Å². The van der Waals surface area contributed by atoms with Gasteiger partial charge in [-0.15, -0.1) is 0 Å². The van der Waals surface area contributed by atoms with Crippen LogP contribution in [-0.2, 0) is 4.74 Å². The van der Waals surface area contributed by atoms with E-state index >= 15 is 0 Å². The topological polar surface area (TPSA) is 38.3 Å². The van der Waals surface area contributed by atoms with Crippen molar-refractivity contribution in [3.8, 4) is 11.1 Å². The minimum atomic E-state index is -0.414. The third-order valence-corrected chi connectivity index (χ3v) is 5.42. The molecule has 30 heavy (non-hydrogen) atoms. The Morgan fingerprint density at radius 3 is 2.37 bits per heavy atom. The molecule has 0 radical (unpaired) electrons. The Morgan fingerprint density at radius 2 is 1.70 bits per heavy atom. The molecule has 1 N–H and O–H groups in total. The maximum absolute atomic E-state index is 13.3. The third kappa shape index (κ3) is 4.28. The number of amides is 1. The SMILES string of the molecule is Cc1cc(C=CCCNC(=O)OCC2c3ccccc3-c3ccccc32)ccc1F. The van der Waals surface area contributed by atoms with Crippen LogP contribution in [0.3, 0.4) is 0 Å². The maximum atomic E-state index is 13.3. The zero-order valence-electron chi connectivity index (χ0n) is 16.9. The van der Waals surface area contributed by atoms with E-state index in [1.54, 1.807) is 19.1 Å². The number of carbonyl (C=O) groups excluding carboxylic acids is 1. The fourth-order valence-corrected chi connectivity index (χ4v) is 3.90. The smallest absolute Gasteiger partial charge is 0.407 e. The van der Waals surface area contributed by atoms with E-state index in [2.05, 4.69) is 29.6 Å². The van der Waals surface area contributed by atoms with Crippen molar-refractivity contribution < 1.29 is 13.9 Å². The Hall–Kier alpha value is -3.40. The molecule has 0 saturated heterocycles. The Balaban J connectivity index is 1.27. The number of fused-ring (bicyclic) bond motifs is 3. The van der Waals surface area contributed by atoms with E-state index in [0.29, 0.717) is 25.1 Å². The van der Waals surface area contributed by atoms with Gasteiger partial charge in [0.15, 0.2) is 0 Å². The summed E-state index contributed by atoms with van der Waals surface area (Å²) in [7, 11) is 0.